The van der Waals surface area contributed by atoms with Crippen LogP contribution in [0.5, 0.6) is 11.5 Å². The van der Waals surface area contributed by atoms with Gasteiger partial charge in [-0.2, -0.15) is 5.10 Å². The number of phenols is 1. The molecule has 4 rings (SSSR count). The van der Waals surface area contributed by atoms with Crippen LogP contribution in [0.4, 0.5) is 0 Å². The molecule has 2 N–H and O–H groups in total. The summed E-state index contributed by atoms with van der Waals surface area (Å²) in [5.41, 5.74) is 3.74. The van der Waals surface area contributed by atoms with Crippen molar-refractivity contribution in [1.29, 1.82) is 0 Å². The number of hydrogen-bond acceptors (Lipinski definition) is 5. The number of amides is 1. The Labute approximate surface area is 176 Å². The van der Waals surface area contributed by atoms with E-state index in [4.69, 9.17) is 14.8 Å². The van der Waals surface area contributed by atoms with Crippen molar-refractivity contribution in [2.24, 2.45) is 0 Å². The molecule has 1 aliphatic carbocycles. The first kappa shape index (κ1) is 20.2. The Kier molecular flexibility index (Phi) is 4.92. The minimum absolute atomic E-state index is 0.0720. The summed E-state index contributed by atoms with van der Waals surface area (Å²) in [6.45, 7) is 8.50. The van der Waals surface area contributed by atoms with Crippen LogP contribution in [-0.4, -0.2) is 32.9 Å². The number of aromatic nitrogens is 3. The Hall–Kier alpha value is -3.09. The molecule has 0 radical (unpaired) electrons. The molecule has 7 nitrogen and oxygen atoms in total. The zero-order valence-electron chi connectivity index (χ0n) is 18.1. The molecule has 7 heteroatoms. The van der Waals surface area contributed by atoms with Crippen molar-refractivity contribution >= 4 is 16.9 Å². The first-order valence-corrected chi connectivity index (χ1v) is 10.2. The number of aryl methyl sites for hydroxylation is 1. The topological polar surface area (TPSA) is 89.3 Å². The van der Waals surface area contributed by atoms with Crippen molar-refractivity contribution < 1.29 is 14.6 Å². The van der Waals surface area contributed by atoms with Gasteiger partial charge in [-0.15, -0.1) is 0 Å². The van der Waals surface area contributed by atoms with Gasteiger partial charge in [-0.05, 0) is 64.3 Å². The van der Waals surface area contributed by atoms with Gasteiger partial charge in [0.2, 0.25) is 0 Å². The Morgan fingerprint density at radius 2 is 2.03 bits per heavy atom. The number of carbonyl (C=O) groups excluding carboxylic acids is 1. The number of nitrogens with zero attached hydrogens (tertiary/aromatic N) is 3. The maximum atomic E-state index is 13.2. The molecule has 1 aromatic carbocycles. The summed E-state index contributed by atoms with van der Waals surface area (Å²) in [5.74, 6) is 0.716. The number of aromatic hydroxyl groups is 1. The van der Waals surface area contributed by atoms with E-state index in [0.29, 0.717) is 23.8 Å². The summed E-state index contributed by atoms with van der Waals surface area (Å²) < 4.78 is 7.07. The number of fused-ring (bicyclic) bond motifs is 1. The Morgan fingerprint density at radius 3 is 2.67 bits per heavy atom. The van der Waals surface area contributed by atoms with Crippen LogP contribution in [-0.2, 0) is 12.1 Å². The zero-order chi connectivity index (χ0) is 21.6. The average molecular weight is 409 g/mol. The van der Waals surface area contributed by atoms with Crippen molar-refractivity contribution in [1.82, 2.24) is 20.1 Å². The van der Waals surface area contributed by atoms with Crippen LogP contribution in [0.1, 0.15) is 66.8 Å². The second-order valence-corrected chi connectivity index (χ2v) is 8.92. The van der Waals surface area contributed by atoms with Gasteiger partial charge in [0.05, 0.1) is 29.3 Å². The molecule has 3 aromatic rings. The van der Waals surface area contributed by atoms with Gasteiger partial charge in [0.15, 0.2) is 17.1 Å². The molecule has 1 saturated carbocycles. The Balaban J connectivity index is 1.70. The number of phenolic OH excluding ortho intramolecular Hbond substituents is 1. The van der Waals surface area contributed by atoms with Crippen LogP contribution < -0.4 is 10.1 Å². The van der Waals surface area contributed by atoms with E-state index in [2.05, 4.69) is 26.1 Å². The summed E-state index contributed by atoms with van der Waals surface area (Å²) in [4.78, 5) is 18.1. The molecule has 0 atom stereocenters. The Bertz CT molecular complexity index is 1120. The van der Waals surface area contributed by atoms with Gasteiger partial charge < -0.3 is 15.2 Å². The van der Waals surface area contributed by atoms with E-state index < -0.39 is 0 Å². The first-order valence-electron chi connectivity index (χ1n) is 10.2. The Morgan fingerprint density at radius 1 is 1.30 bits per heavy atom. The molecule has 0 saturated heterocycles. The van der Waals surface area contributed by atoms with E-state index >= 15 is 0 Å². The fraction of sp³-hybridized carbons (Fsp3) is 0.435. The number of benzene rings is 1. The molecule has 1 aliphatic rings. The average Bonchev–Trinajstić information content (AvgIpc) is 3.49. The highest BCUT2D eigenvalue weighted by Crippen LogP contribution is 2.41. The molecule has 0 unspecified atom stereocenters. The predicted octanol–water partition coefficient (Wildman–Crippen LogP) is 4.02. The molecule has 0 bridgehead atoms. The lowest BCUT2D eigenvalue weighted by Gasteiger charge is -2.20. The number of carbonyl (C=O) groups is 1. The highest BCUT2D eigenvalue weighted by molar-refractivity contribution is 6.06. The molecule has 0 spiro atoms. The maximum absolute atomic E-state index is 13.2. The number of nitrogens with one attached hydrogen (secondary N) is 1. The summed E-state index contributed by atoms with van der Waals surface area (Å²) >= 11 is 0. The quantitative estimate of drug-likeness (QED) is 0.666. The fourth-order valence-electron chi connectivity index (χ4n) is 3.65. The van der Waals surface area contributed by atoms with Crippen molar-refractivity contribution in [3.8, 4) is 11.5 Å². The summed E-state index contributed by atoms with van der Waals surface area (Å²) in [5, 5.41) is 18.3. The minimum Gasteiger partial charge on any atom is -0.504 e. The lowest BCUT2D eigenvalue weighted by molar-refractivity contribution is 0.0952. The van der Waals surface area contributed by atoms with Gasteiger partial charge in [-0.3, -0.25) is 4.79 Å². The maximum Gasteiger partial charge on any atom is 0.252 e. The SMILES string of the molecule is COc1cc(CNC(=O)c2cc(C3CC3)nc3c2c(C)nn3C(C)(C)C)ccc1O. The number of rotatable bonds is 5. The predicted molar refractivity (Wildman–Crippen MR) is 115 cm³/mol. The first-order chi connectivity index (χ1) is 14.2. The largest absolute Gasteiger partial charge is 0.504 e. The van der Waals surface area contributed by atoms with Crippen molar-refractivity contribution in [3.05, 3.63) is 46.8 Å². The number of methoxy groups -OCH3 is 1. The van der Waals surface area contributed by atoms with E-state index in [9.17, 15) is 9.90 Å². The van der Waals surface area contributed by atoms with Gasteiger partial charge >= 0.3 is 0 Å². The standard InChI is InChI=1S/C23H28N4O3/c1-13-20-16(22(29)24-12-14-6-9-18(28)19(10-14)30-5)11-17(15-7-8-15)25-21(20)27(26-13)23(2,3)4/h6,9-11,15,28H,7-8,12H2,1-5H3,(H,24,29). The van der Waals surface area contributed by atoms with E-state index in [-0.39, 0.29) is 17.2 Å². The van der Waals surface area contributed by atoms with Crippen molar-refractivity contribution in [2.45, 2.75) is 58.5 Å². The van der Waals surface area contributed by atoms with Crippen LogP contribution in [0.25, 0.3) is 11.0 Å². The zero-order valence-corrected chi connectivity index (χ0v) is 18.1. The van der Waals surface area contributed by atoms with Gasteiger partial charge in [0, 0.05) is 18.2 Å². The summed E-state index contributed by atoms with van der Waals surface area (Å²) in [6.07, 6.45) is 2.21. The normalized spacial score (nSPS) is 14.2. The minimum atomic E-state index is -0.238. The van der Waals surface area contributed by atoms with Crippen LogP contribution in [0.2, 0.25) is 0 Å². The fourth-order valence-corrected chi connectivity index (χ4v) is 3.65. The van der Waals surface area contributed by atoms with Gasteiger partial charge in [-0.25, -0.2) is 9.67 Å². The van der Waals surface area contributed by atoms with E-state index in [1.54, 1.807) is 18.2 Å². The van der Waals surface area contributed by atoms with Gasteiger partial charge in [-0.1, -0.05) is 6.07 Å². The summed E-state index contributed by atoms with van der Waals surface area (Å²) in [7, 11) is 1.50. The lowest BCUT2D eigenvalue weighted by Crippen LogP contribution is -2.25. The summed E-state index contributed by atoms with van der Waals surface area (Å²) in [6, 6.07) is 6.97. The molecule has 1 fully saturated rings. The number of hydrogen-bond donors (Lipinski definition) is 2. The molecule has 2 aromatic heterocycles. The third kappa shape index (κ3) is 3.72. The van der Waals surface area contributed by atoms with E-state index in [1.807, 2.05) is 17.7 Å². The molecule has 1 amide bonds. The molecular weight excluding hydrogens is 380 g/mol. The van der Waals surface area contributed by atoms with Crippen LogP contribution in [0.3, 0.4) is 0 Å². The number of pyridine rings is 1. The molecule has 0 aliphatic heterocycles. The molecular formula is C23H28N4O3. The van der Waals surface area contributed by atoms with Gasteiger partial charge in [0.1, 0.15) is 0 Å². The molecule has 158 valence electrons. The van der Waals surface area contributed by atoms with Gasteiger partial charge in [0.25, 0.3) is 5.91 Å². The highest BCUT2D eigenvalue weighted by atomic mass is 16.5. The number of ether oxygens (including phenoxy) is 1. The van der Waals surface area contributed by atoms with E-state index in [1.165, 1.54) is 7.11 Å². The molecule has 2 heterocycles. The van der Waals surface area contributed by atoms with Crippen LogP contribution in [0, 0.1) is 6.92 Å². The monoisotopic (exact) mass is 408 g/mol. The van der Waals surface area contributed by atoms with Crippen LogP contribution in [0.15, 0.2) is 24.3 Å². The smallest absolute Gasteiger partial charge is 0.252 e. The van der Waals surface area contributed by atoms with Crippen molar-refractivity contribution in [3.63, 3.8) is 0 Å². The van der Waals surface area contributed by atoms with Crippen LogP contribution >= 0.6 is 0 Å². The van der Waals surface area contributed by atoms with E-state index in [0.717, 1.165) is 40.8 Å². The van der Waals surface area contributed by atoms with Crippen molar-refractivity contribution in [2.75, 3.05) is 7.11 Å². The highest BCUT2D eigenvalue weighted by Gasteiger charge is 2.30. The third-order valence-corrected chi connectivity index (χ3v) is 5.41. The lowest BCUT2D eigenvalue weighted by atomic mass is 10.1. The third-order valence-electron chi connectivity index (χ3n) is 5.41. The second-order valence-electron chi connectivity index (χ2n) is 8.92. The second kappa shape index (κ2) is 7.31. The molecule has 30 heavy (non-hydrogen) atoms.